The fourth-order valence-corrected chi connectivity index (χ4v) is 1.32. The molecule has 0 N–H and O–H groups in total. The zero-order chi connectivity index (χ0) is 15.7. The number of ether oxygens (including phenoxy) is 1. The molecule has 116 valence electrons. The maximum atomic E-state index is 13.4. The minimum absolute atomic E-state index is 0.566. The van der Waals surface area contributed by atoms with E-state index in [1.807, 2.05) is 0 Å². The van der Waals surface area contributed by atoms with Crippen LogP contribution in [0.1, 0.15) is 13.8 Å². The lowest BCUT2D eigenvalue weighted by Crippen LogP contribution is -2.62. The molecular weight excluding hydrogens is 276 g/mol. The van der Waals surface area contributed by atoms with Crippen molar-refractivity contribution in [3.05, 3.63) is 0 Å². The molecule has 8 heteroatoms. The van der Waals surface area contributed by atoms with Crippen LogP contribution < -0.4 is 0 Å². The quantitative estimate of drug-likeness (QED) is 0.518. The second-order valence-corrected chi connectivity index (χ2v) is 5.79. The fraction of sp³-hybridized carbons (Fsp3) is 1.00. The molecule has 0 radical (unpaired) electrons. The second kappa shape index (κ2) is 5.47. The molecule has 0 aliphatic carbocycles. The largest absolute Gasteiger partial charge is 0.380 e. The average Bonchev–Trinajstić information content (AvgIpc) is 2.10. The van der Waals surface area contributed by atoms with Crippen molar-refractivity contribution >= 4 is 0 Å². The molecule has 0 heterocycles. The highest BCUT2D eigenvalue weighted by molar-refractivity contribution is 4.96. The third-order valence-corrected chi connectivity index (χ3v) is 2.19. The Labute approximate surface area is 108 Å². The van der Waals surface area contributed by atoms with Crippen LogP contribution >= 0.6 is 0 Å². The predicted octanol–water partition coefficient (Wildman–Crippen LogP) is 3.02. The Morgan fingerprint density at radius 2 is 1.32 bits per heavy atom. The number of quaternary nitrogens is 1. The van der Waals surface area contributed by atoms with Gasteiger partial charge in [-0.2, -0.15) is 26.3 Å². The van der Waals surface area contributed by atoms with Gasteiger partial charge in [0.05, 0.1) is 27.2 Å². The van der Waals surface area contributed by atoms with Gasteiger partial charge in [-0.3, -0.25) is 0 Å². The molecule has 0 atom stereocenters. The van der Waals surface area contributed by atoms with Gasteiger partial charge in [-0.15, -0.1) is 0 Å². The molecule has 0 rings (SSSR count). The number of hydrogen-bond donors (Lipinski definition) is 0. The molecule has 0 fully saturated rings. The van der Waals surface area contributed by atoms with Crippen LogP contribution in [0.4, 0.5) is 26.3 Å². The van der Waals surface area contributed by atoms with Gasteiger partial charge in [0.15, 0.2) is 0 Å². The number of nitrogens with zero attached hydrogens (tertiary/aromatic N) is 1. The van der Waals surface area contributed by atoms with Crippen molar-refractivity contribution in [1.82, 2.24) is 0 Å². The van der Waals surface area contributed by atoms with E-state index in [4.69, 9.17) is 0 Å². The van der Waals surface area contributed by atoms with Gasteiger partial charge in [-0.25, -0.2) is 0 Å². The van der Waals surface area contributed by atoms with Crippen LogP contribution in [0.2, 0.25) is 0 Å². The summed E-state index contributed by atoms with van der Waals surface area (Å²) in [5.74, 6) is -15.2. The summed E-state index contributed by atoms with van der Waals surface area (Å²) in [4.78, 5) is 0. The van der Waals surface area contributed by atoms with Crippen LogP contribution in [0.25, 0.3) is 0 Å². The molecule has 0 saturated carbocycles. The van der Waals surface area contributed by atoms with Gasteiger partial charge >= 0.3 is 17.8 Å². The summed E-state index contributed by atoms with van der Waals surface area (Å²) in [6, 6.07) is 0. The van der Waals surface area contributed by atoms with E-state index >= 15 is 0 Å². The first kappa shape index (κ1) is 18.5. The van der Waals surface area contributed by atoms with E-state index in [0.717, 1.165) is 0 Å². The number of hydrogen-bond acceptors (Lipinski definition) is 1. The molecule has 0 aromatic rings. The number of alkyl halides is 6. The summed E-state index contributed by atoms with van der Waals surface area (Å²) >= 11 is 0. The van der Waals surface area contributed by atoms with Gasteiger partial charge in [0, 0.05) is 0 Å². The van der Waals surface area contributed by atoms with Crippen molar-refractivity contribution in [1.29, 1.82) is 0 Å². The van der Waals surface area contributed by atoms with Gasteiger partial charge in [0.25, 0.3) is 0 Å². The lowest BCUT2D eigenvalue weighted by atomic mass is 10.0. The van der Waals surface area contributed by atoms with E-state index < -0.39 is 41.5 Å². The highest BCUT2D eigenvalue weighted by Gasteiger charge is 2.73. The van der Waals surface area contributed by atoms with Crippen molar-refractivity contribution in [3.63, 3.8) is 0 Å². The fourth-order valence-electron chi connectivity index (χ4n) is 1.32. The SMILES string of the molecule is CC(C)OCC(F)(F)C(F)(F)C(F)(F)C[N+](C)(C)C. The van der Waals surface area contributed by atoms with E-state index in [0.29, 0.717) is 0 Å². The van der Waals surface area contributed by atoms with Gasteiger partial charge in [-0.05, 0) is 13.8 Å². The topological polar surface area (TPSA) is 9.23 Å². The normalized spacial score (nSPS) is 15.2. The van der Waals surface area contributed by atoms with Crippen LogP contribution in [-0.2, 0) is 4.74 Å². The van der Waals surface area contributed by atoms with Crippen molar-refractivity contribution in [2.24, 2.45) is 0 Å². The Bertz CT molecular complexity index is 298. The van der Waals surface area contributed by atoms with Crippen molar-refractivity contribution < 1.29 is 35.6 Å². The van der Waals surface area contributed by atoms with E-state index in [9.17, 15) is 26.3 Å². The van der Waals surface area contributed by atoms with E-state index in [-0.39, 0.29) is 0 Å². The third kappa shape index (κ3) is 4.83. The van der Waals surface area contributed by atoms with E-state index in [1.165, 1.54) is 35.0 Å². The van der Waals surface area contributed by atoms with Crippen LogP contribution in [0.5, 0.6) is 0 Å². The summed E-state index contributed by atoms with van der Waals surface area (Å²) < 4.78 is 83.9. The van der Waals surface area contributed by atoms with Gasteiger partial charge in [0.2, 0.25) is 0 Å². The van der Waals surface area contributed by atoms with E-state index in [2.05, 4.69) is 4.74 Å². The first-order valence-corrected chi connectivity index (χ1v) is 5.68. The molecule has 19 heavy (non-hydrogen) atoms. The van der Waals surface area contributed by atoms with Crippen molar-refractivity contribution in [2.45, 2.75) is 37.7 Å². The summed E-state index contributed by atoms with van der Waals surface area (Å²) in [5.41, 5.74) is 0. The molecule has 0 aromatic carbocycles. The van der Waals surface area contributed by atoms with Crippen LogP contribution in [0.3, 0.4) is 0 Å². The molecule has 2 nitrogen and oxygen atoms in total. The Morgan fingerprint density at radius 1 is 0.895 bits per heavy atom. The Balaban J connectivity index is 5.10. The molecular formula is C11H20F6NO+. The summed E-state index contributed by atoms with van der Waals surface area (Å²) in [6.07, 6.45) is -0.756. The molecule has 0 spiro atoms. The first-order chi connectivity index (χ1) is 8.12. The van der Waals surface area contributed by atoms with Gasteiger partial charge in [0.1, 0.15) is 13.2 Å². The first-order valence-electron chi connectivity index (χ1n) is 5.68. The summed E-state index contributed by atoms with van der Waals surface area (Å²) in [7, 11) is 3.65. The molecule has 0 unspecified atom stereocenters. The summed E-state index contributed by atoms with van der Waals surface area (Å²) in [5, 5.41) is 0. The Hall–Kier alpha value is -0.500. The zero-order valence-electron chi connectivity index (χ0n) is 11.6. The average molecular weight is 296 g/mol. The Morgan fingerprint density at radius 3 is 1.63 bits per heavy atom. The molecule has 0 saturated heterocycles. The van der Waals surface area contributed by atoms with E-state index in [1.54, 1.807) is 0 Å². The van der Waals surface area contributed by atoms with Crippen LogP contribution in [0, 0.1) is 0 Å². The second-order valence-electron chi connectivity index (χ2n) is 5.79. The zero-order valence-corrected chi connectivity index (χ0v) is 11.6. The molecule has 0 aliphatic rings. The lowest BCUT2D eigenvalue weighted by Gasteiger charge is -2.36. The highest BCUT2D eigenvalue weighted by Crippen LogP contribution is 2.46. The predicted molar refractivity (Wildman–Crippen MR) is 58.8 cm³/mol. The van der Waals surface area contributed by atoms with Gasteiger partial charge in [-0.1, -0.05) is 0 Å². The maximum Gasteiger partial charge on any atom is 0.380 e. The smallest absolute Gasteiger partial charge is 0.372 e. The summed E-state index contributed by atoms with van der Waals surface area (Å²) in [6.45, 7) is -0.460. The molecule has 0 bridgehead atoms. The third-order valence-electron chi connectivity index (χ3n) is 2.19. The van der Waals surface area contributed by atoms with Gasteiger partial charge < -0.3 is 9.22 Å². The van der Waals surface area contributed by atoms with Crippen LogP contribution in [-0.4, -0.2) is 62.6 Å². The van der Waals surface area contributed by atoms with Crippen LogP contribution in [0.15, 0.2) is 0 Å². The molecule has 0 aromatic heterocycles. The molecule has 0 aliphatic heterocycles. The number of rotatable bonds is 7. The van der Waals surface area contributed by atoms with Crippen molar-refractivity contribution in [2.75, 3.05) is 34.3 Å². The number of halogens is 6. The lowest BCUT2D eigenvalue weighted by molar-refractivity contribution is -0.880. The van der Waals surface area contributed by atoms with Crippen molar-refractivity contribution in [3.8, 4) is 0 Å². The highest BCUT2D eigenvalue weighted by atomic mass is 19.3. The Kier molecular flexibility index (Phi) is 5.33. The monoisotopic (exact) mass is 296 g/mol. The standard InChI is InChI=1S/C11H20F6NO/c1-8(2)19-7-10(14,15)11(16,17)9(12,13)6-18(3,4)5/h8H,6-7H2,1-5H3/q+1. The minimum Gasteiger partial charge on any atom is -0.372 e. The molecule has 0 amide bonds. The maximum absolute atomic E-state index is 13.4. The minimum atomic E-state index is -5.47.